The number of rotatable bonds is 1. The molecule has 1 unspecified atom stereocenters. The maximum atomic E-state index is 3.46. The third kappa shape index (κ3) is 2.31. The van der Waals surface area contributed by atoms with E-state index in [0.717, 1.165) is 23.8 Å². The van der Waals surface area contributed by atoms with Crippen molar-refractivity contribution in [2.24, 2.45) is 23.2 Å². The lowest BCUT2D eigenvalue weighted by Gasteiger charge is -2.45. The highest BCUT2D eigenvalue weighted by Crippen LogP contribution is 2.44. The zero-order valence-corrected chi connectivity index (χ0v) is 10.7. The van der Waals surface area contributed by atoms with Gasteiger partial charge in [0.25, 0.3) is 0 Å². The largest absolute Gasteiger partial charge is 0.317 e. The SMILES string of the molecule is CN[C@H]1CC[C@@H](C(C)(C)C)[C@@H](C)C1C. The van der Waals surface area contributed by atoms with Crippen molar-refractivity contribution in [1.82, 2.24) is 5.32 Å². The second-order valence-corrected chi connectivity index (χ2v) is 6.16. The predicted molar refractivity (Wildman–Crippen MR) is 63.4 cm³/mol. The molecule has 1 heteroatoms. The Kier molecular flexibility index (Phi) is 3.63. The highest BCUT2D eigenvalue weighted by Gasteiger charge is 2.38. The van der Waals surface area contributed by atoms with E-state index in [9.17, 15) is 0 Å². The second kappa shape index (κ2) is 4.22. The quantitative estimate of drug-likeness (QED) is 0.680. The average Bonchev–Trinajstić information content (AvgIpc) is 2.07. The van der Waals surface area contributed by atoms with Crippen LogP contribution in [0.3, 0.4) is 0 Å². The maximum absolute atomic E-state index is 3.46. The first-order valence-corrected chi connectivity index (χ1v) is 6.05. The van der Waals surface area contributed by atoms with Crippen LogP contribution >= 0.6 is 0 Å². The van der Waals surface area contributed by atoms with Gasteiger partial charge in [-0.15, -0.1) is 0 Å². The molecule has 0 saturated heterocycles. The zero-order chi connectivity index (χ0) is 10.9. The lowest BCUT2D eigenvalue weighted by atomic mass is 9.62. The van der Waals surface area contributed by atoms with Crippen molar-refractivity contribution < 1.29 is 0 Å². The van der Waals surface area contributed by atoms with Crippen molar-refractivity contribution in [2.45, 2.75) is 53.5 Å². The van der Waals surface area contributed by atoms with Crippen molar-refractivity contribution in [3.8, 4) is 0 Å². The fraction of sp³-hybridized carbons (Fsp3) is 1.00. The molecule has 0 spiro atoms. The van der Waals surface area contributed by atoms with Crippen LogP contribution in [0, 0.1) is 23.2 Å². The van der Waals surface area contributed by atoms with Gasteiger partial charge in [-0.05, 0) is 43.1 Å². The van der Waals surface area contributed by atoms with Gasteiger partial charge in [-0.25, -0.2) is 0 Å². The Morgan fingerprint density at radius 2 is 1.57 bits per heavy atom. The van der Waals surface area contributed by atoms with Crippen LogP contribution in [0.25, 0.3) is 0 Å². The second-order valence-electron chi connectivity index (χ2n) is 6.16. The molecule has 0 aromatic carbocycles. The molecule has 1 aliphatic rings. The highest BCUT2D eigenvalue weighted by atomic mass is 14.9. The van der Waals surface area contributed by atoms with Gasteiger partial charge in [-0.2, -0.15) is 0 Å². The Hall–Kier alpha value is -0.0400. The lowest BCUT2D eigenvalue weighted by Crippen LogP contribution is -2.45. The Bertz CT molecular complexity index is 180. The zero-order valence-electron chi connectivity index (χ0n) is 10.7. The molecule has 1 aliphatic carbocycles. The maximum Gasteiger partial charge on any atom is 0.00924 e. The van der Waals surface area contributed by atoms with E-state index in [0.29, 0.717) is 5.41 Å². The van der Waals surface area contributed by atoms with Crippen LogP contribution in [0.4, 0.5) is 0 Å². The van der Waals surface area contributed by atoms with Gasteiger partial charge in [0, 0.05) is 6.04 Å². The van der Waals surface area contributed by atoms with E-state index in [1.54, 1.807) is 0 Å². The standard InChI is InChI=1S/C13H27N/c1-9-10(2)12(14-6)8-7-11(9)13(3,4)5/h9-12,14H,7-8H2,1-6H3/t9-,10?,11+,12-/m0/s1. The molecule has 0 radical (unpaired) electrons. The molecule has 0 aromatic heterocycles. The van der Waals surface area contributed by atoms with Crippen LogP contribution in [0.2, 0.25) is 0 Å². The summed E-state index contributed by atoms with van der Waals surface area (Å²) < 4.78 is 0. The fourth-order valence-electron chi connectivity index (χ4n) is 3.25. The minimum absolute atomic E-state index is 0.479. The van der Waals surface area contributed by atoms with Gasteiger partial charge < -0.3 is 5.32 Å². The molecule has 1 saturated carbocycles. The van der Waals surface area contributed by atoms with Crippen molar-refractivity contribution >= 4 is 0 Å². The number of hydrogen-bond donors (Lipinski definition) is 1. The van der Waals surface area contributed by atoms with Crippen molar-refractivity contribution in [2.75, 3.05) is 7.05 Å². The topological polar surface area (TPSA) is 12.0 Å². The van der Waals surface area contributed by atoms with Crippen LogP contribution in [0.5, 0.6) is 0 Å². The van der Waals surface area contributed by atoms with E-state index in [2.05, 4.69) is 47.0 Å². The van der Waals surface area contributed by atoms with E-state index in [1.807, 2.05) is 0 Å². The predicted octanol–water partition coefficient (Wildman–Crippen LogP) is 3.30. The summed E-state index contributed by atoms with van der Waals surface area (Å²) in [5.41, 5.74) is 0.479. The first-order valence-electron chi connectivity index (χ1n) is 6.05. The van der Waals surface area contributed by atoms with Crippen molar-refractivity contribution in [3.63, 3.8) is 0 Å². The van der Waals surface area contributed by atoms with Crippen LogP contribution < -0.4 is 5.32 Å². The molecule has 1 N–H and O–H groups in total. The Labute approximate surface area is 89.7 Å². The van der Waals surface area contributed by atoms with E-state index < -0.39 is 0 Å². The molecule has 1 rings (SSSR count). The van der Waals surface area contributed by atoms with Gasteiger partial charge in [0.2, 0.25) is 0 Å². The minimum atomic E-state index is 0.479. The summed E-state index contributed by atoms with van der Waals surface area (Å²) in [6.45, 7) is 12.0. The number of nitrogens with one attached hydrogen (secondary N) is 1. The Morgan fingerprint density at radius 1 is 1.00 bits per heavy atom. The molecule has 0 heterocycles. The fourth-order valence-corrected chi connectivity index (χ4v) is 3.25. The summed E-state index contributed by atoms with van der Waals surface area (Å²) in [7, 11) is 2.10. The molecule has 0 aliphatic heterocycles. The van der Waals surface area contributed by atoms with Gasteiger partial charge >= 0.3 is 0 Å². The summed E-state index contributed by atoms with van der Waals surface area (Å²) in [5.74, 6) is 2.56. The van der Waals surface area contributed by atoms with Gasteiger partial charge in [0.1, 0.15) is 0 Å². The third-order valence-corrected chi connectivity index (χ3v) is 4.37. The average molecular weight is 197 g/mol. The van der Waals surface area contributed by atoms with Gasteiger partial charge in [-0.1, -0.05) is 34.6 Å². The van der Waals surface area contributed by atoms with E-state index in [4.69, 9.17) is 0 Å². The summed E-state index contributed by atoms with van der Waals surface area (Å²) in [4.78, 5) is 0. The van der Waals surface area contributed by atoms with Crippen LogP contribution in [-0.4, -0.2) is 13.1 Å². The molecule has 0 bridgehead atoms. The molecule has 1 nitrogen and oxygen atoms in total. The summed E-state index contributed by atoms with van der Waals surface area (Å²) >= 11 is 0. The molecule has 0 amide bonds. The van der Waals surface area contributed by atoms with Crippen molar-refractivity contribution in [3.05, 3.63) is 0 Å². The molecule has 1 fully saturated rings. The smallest absolute Gasteiger partial charge is 0.00924 e. The summed E-state index contributed by atoms with van der Waals surface area (Å²) in [5, 5.41) is 3.46. The monoisotopic (exact) mass is 197 g/mol. The third-order valence-electron chi connectivity index (χ3n) is 4.37. The van der Waals surface area contributed by atoms with Crippen LogP contribution in [0.1, 0.15) is 47.5 Å². The molecule has 84 valence electrons. The molecular formula is C13H27N. The first-order chi connectivity index (χ1) is 6.38. The van der Waals surface area contributed by atoms with Gasteiger partial charge in [0.05, 0.1) is 0 Å². The Balaban J connectivity index is 2.69. The minimum Gasteiger partial charge on any atom is -0.317 e. The summed E-state index contributed by atoms with van der Waals surface area (Å²) in [6, 6.07) is 0.739. The number of hydrogen-bond acceptors (Lipinski definition) is 1. The molecule has 4 atom stereocenters. The summed E-state index contributed by atoms with van der Waals surface area (Å²) in [6.07, 6.45) is 2.74. The van der Waals surface area contributed by atoms with E-state index in [-0.39, 0.29) is 0 Å². The molecular weight excluding hydrogens is 170 g/mol. The highest BCUT2D eigenvalue weighted by molar-refractivity contribution is 4.90. The van der Waals surface area contributed by atoms with Crippen LogP contribution in [-0.2, 0) is 0 Å². The molecule has 0 aromatic rings. The normalized spacial score (nSPS) is 39.9. The van der Waals surface area contributed by atoms with Crippen LogP contribution in [0.15, 0.2) is 0 Å². The van der Waals surface area contributed by atoms with Gasteiger partial charge in [0.15, 0.2) is 0 Å². The van der Waals surface area contributed by atoms with E-state index >= 15 is 0 Å². The van der Waals surface area contributed by atoms with Crippen molar-refractivity contribution in [1.29, 1.82) is 0 Å². The Morgan fingerprint density at radius 3 is 2.00 bits per heavy atom. The lowest BCUT2D eigenvalue weighted by molar-refractivity contribution is 0.0592. The van der Waals surface area contributed by atoms with E-state index in [1.165, 1.54) is 12.8 Å². The first kappa shape index (κ1) is 12.0. The molecule has 14 heavy (non-hydrogen) atoms. The van der Waals surface area contributed by atoms with Gasteiger partial charge in [-0.3, -0.25) is 0 Å².